The molecule has 0 aromatic heterocycles. The third kappa shape index (κ3) is 4.56. The molecule has 0 atom stereocenters. The lowest BCUT2D eigenvalue weighted by atomic mass is 9.95. The topological polar surface area (TPSA) is 49.4 Å². The highest BCUT2D eigenvalue weighted by molar-refractivity contribution is 5.94. The van der Waals surface area contributed by atoms with Gasteiger partial charge in [0.1, 0.15) is 5.82 Å². The molecule has 1 saturated heterocycles. The van der Waals surface area contributed by atoms with Crippen LogP contribution in [-0.2, 0) is 4.79 Å². The number of nitrogens with one attached hydrogen (secondary N) is 1. The van der Waals surface area contributed by atoms with E-state index in [1.54, 1.807) is 17.0 Å². The Morgan fingerprint density at radius 1 is 1.21 bits per heavy atom. The van der Waals surface area contributed by atoms with E-state index >= 15 is 0 Å². The van der Waals surface area contributed by atoms with Crippen LogP contribution in [0.2, 0.25) is 0 Å². The van der Waals surface area contributed by atoms with Crippen LogP contribution < -0.4 is 5.32 Å². The van der Waals surface area contributed by atoms with E-state index in [9.17, 15) is 14.0 Å². The molecule has 4 nitrogen and oxygen atoms in total. The van der Waals surface area contributed by atoms with Crippen molar-refractivity contribution in [3.63, 3.8) is 0 Å². The molecule has 0 spiro atoms. The van der Waals surface area contributed by atoms with Crippen LogP contribution in [0, 0.1) is 17.7 Å². The fourth-order valence-electron chi connectivity index (χ4n) is 3.19. The van der Waals surface area contributed by atoms with E-state index in [2.05, 4.69) is 5.32 Å². The third-order valence-corrected chi connectivity index (χ3v) is 4.93. The van der Waals surface area contributed by atoms with E-state index in [1.807, 2.05) is 13.8 Å². The molecule has 0 saturated carbocycles. The van der Waals surface area contributed by atoms with E-state index in [0.29, 0.717) is 25.6 Å². The van der Waals surface area contributed by atoms with E-state index in [-0.39, 0.29) is 23.3 Å². The number of halogens is 1. The van der Waals surface area contributed by atoms with E-state index < -0.39 is 5.82 Å². The molecular formula is C19H27FN2O2. The van der Waals surface area contributed by atoms with Crippen LogP contribution in [0.4, 0.5) is 4.39 Å². The number of nitrogens with zero attached hydrogens (tertiary/aromatic N) is 1. The molecule has 2 amide bonds. The van der Waals surface area contributed by atoms with Gasteiger partial charge in [-0.1, -0.05) is 26.0 Å². The van der Waals surface area contributed by atoms with E-state index in [1.165, 1.54) is 12.1 Å². The van der Waals surface area contributed by atoms with Crippen molar-refractivity contribution in [2.45, 2.75) is 39.5 Å². The van der Waals surface area contributed by atoms with Crippen molar-refractivity contribution in [1.82, 2.24) is 10.2 Å². The summed E-state index contributed by atoms with van der Waals surface area (Å²) in [5.41, 5.74) is 0.137. The summed E-state index contributed by atoms with van der Waals surface area (Å²) >= 11 is 0. The van der Waals surface area contributed by atoms with Gasteiger partial charge in [0.2, 0.25) is 5.91 Å². The number of likely N-dealkylation sites (tertiary alicyclic amines) is 1. The molecule has 0 radical (unpaired) electrons. The Bertz CT molecular complexity index is 564. The molecule has 1 aromatic rings. The number of rotatable bonds is 6. The molecule has 1 fully saturated rings. The zero-order valence-electron chi connectivity index (χ0n) is 14.6. The first-order chi connectivity index (χ1) is 11.6. The van der Waals surface area contributed by atoms with Gasteiger partial charge in [-0.25, -0.2) is 4.39 Å². The van der Waals surface area contributed by atoms with Gasteiger partial charge in [0, 0.05) is 25.6 Å². The van der Waals surface area contributed by atoms with Crippen molar-refractivity contribution < 1.29 is 14.0 Å². The second-order valence-corrected chi connectivity index (χ2v) is 6.47. The van der Waals surface area contributed by atoms with Crippen molar-refractivity contribution in [2.24, 2.45) is 11.8 Å². The normalized spacial score (nSPS) is 15.6. The zero-order chi connectivity index (χ0) is 17.5. The molecule has 1 aromatic carbocycles. The molecule has 1 aliphatic heterocycles. The second-order valence-electron chi connectivity index (χ2n) is 6.47. The lowest BCUT2D eigenvalue weighted by Crippen LogP contribution is -2.42. The Morgan fingerprint density at radius 3 is 2.42 bits per heavy atom. The number of carbonyl (C=O) groups excluding carboxylic acids is 2. The Kier molecular flexibility index (Phi) is 6.76. The fourth-order valence-corrected chi connectivity index (χ4v) is 3.19. The lowest BCUT2D eigenvalue weighted by molar-refractivity contribution is -0.125. The van der Waals surface area contributed by atoms with Crippen molar-refractivity contribution in [3.05, 3.63) is 35.6 Å². The number of hydrogen-bond acceptors (Lipinski definition) is 2. The van der Waals surface area contributed by atoms with Gasteiger partial charge < -0.3 is 10.2 Å². The SMILES string of the molecule is CCC(CC)C(=O)NCC1CCN(C(=O)c2ccccc2F)CC1. The van der Waals surface area contributed by atoms with Crippen molar-refractivity contribution in [1.29, 1.82) is 0 Å². The maximum atomic E-state index is 13.7. The minimum Gasteiger partial charge on any atom is -0.356 e. The average molecular weight is 334 g/mol. The molecule has 0 unspecified atom stereocenters. The number of hydrogen-bond donors (Lipinski definition) is 1. The Labute approximate surface area is 143 Å². The van der Waals surface area contributed by atoms with Crippen molar-refractivity contribution in [2.75, 3.05) is 19.6 Å². The van der Waals surface area contributed by atoms with Crippen LogP contribution in [0.5, 0.6) is 0 Å². The van der Waals surface area contributed by atoms with Crippen LogP contribution in [0.15, 0.2) is 24.3 Å². The highest BCUT2D eigenvalue weighted by atomic mass is 19.1. The smallest absolute Gasteiger partial charge is 0.256 e. The van der Waals surface area contributed by atoms with E-state index in [0.717, 1.165) is 25.7 Å². The summed E-state index contributed by atoms with van der Waals surface area (Å²) < 4.78 is 13.7. The summed E-state index contributed by atoms with van der Waals surface area (Å²) in [6.45, 7) is 5.94. The molecule has 2 rings (SSSR count). The summed E-state index contributed by atoms with van der Waals surface area (Å²) in [5.74, 6) is -0.111. The summed E-state index contributed by atoms with van der Waals surface area (Å²) in [6.07, 6.45) is 3.39. The zero-order valence-corrected chi connectivity index (χ0v) is 14.6. The molecule has 24 heavy (non-hydrogen) atoms. The van der Waals surface area contributed by atoms with Crippen LogP contribution >= 0.6 is 0 Å². The predicted molar refractivity (Wildman–Crippen MR) is 92.1 cm³/mol. The Morgan fingerprint density at radius 2 is 1.83 bits per heavy atom. The maximum Gasteiger partial charge on any atom is 0.256 e. The molecule has 132 valence electrons. The number of carbonyl (C=O) groups is 2. The highest BCUT2D eigenvalue weighted by Gasteiger charge is 2.25. The van der Waals surface area contributed by atoms with Crippen LogP contribution in [0.1, 0.15) is 49.9 Å². The summed E-state index contributed by atoms with van der Waals surface area (Å²) in [6, 6.07) is 6.10. The van der Waals surface area contributed by atoms with Crippen LogP contribution in [-0.4, -0.2) is 36.3 Å². The third-order valence-electron chi connectivity index (χ3n) is 4.93. The van der Waals surface area contributed by atoms with Crippen LogP contribution in [0.25, 0.3) is 0 Å². The first-order valence-corrected chi connectivity index (χ1v) is 8.88. The standard InChI is InChI=1S/C19H27FN2O2/c1-3-15(4-2)18(23)21-13-14-9-11-22(12-10-14)19(24)16-7-5-6-8-17(16)20/h5-8,14-15H,3-4,9-13H2,1-2H3,(H,21,23). The summed E-state index contributed by atoms with van der Waals surface area (Å²) in [4.78, 5) is 26.1. The van der Waals surface area contributed by atoms with Gasteiger partial charge >= 0.3 is 0 Å². The van der Waals surface area contributed by atoms with Gasteiger partial charge in [0.05, 0.1) is 5.56 Å². The van der Waals surface area contributed by atoms with Gasteiger partial charge in [-0.2, -0.15) is 0 Å². The Balaban J connectivity index is 1.80. The molecule has 1 N–H and O–H groups in total. The predicted octanol–water partition coefficient (Wildman–Crippen LogP) is 3.23. The van der Waals surface area contributed by atoms with Gasteiger partial charge in [-0.05, 0) is 43.7 Å². The number of piperidine rings is 1. The van der Waals surface area contributed by atoms with Gasteiger partial charge in [0.15, 0.2) is 0 Å². The first kappa shape index (κ1) is 18.4. The summed E-state index contributed by atoms with van der Waals surface area (Å²) in [5, 5.41) is 3.04. The lowest BCUT2D eigenvalue weighted by Gasteiger charge is -2.32. The fraction of sp³-hybridized carbons (Fsp3) is 0.579. The molecule has 5 heteroatoms. The maximum absolute atomic E-state index is 13.7. The second kappa shape index (κ2) is 8.81. The van der Waals surface area contributed by atoms with Gasteiger partial charge in [0.25, 0.3) is 5.91 Å². The average Bonchev–Trinajstić information content (AvgIpc) is 2.61. The van der Waals surface area contributed by atoms with Crippen LogP contribution in [0.3, 0.4) is 0 Å². The molecule has 1 heterocycles. The van der Waals surface area contributed by atoms with Gasteiger partial charge in [-0.15, -0.1) is 0 Å². The molecular weight excluding hydrogens is 307 g/mol. The number of benzene rings is 1. The largest absolute Gasteiger partial charge is 0.356 e. The highest BCUT2D eigenvalue weighted by Crippen LogP contribution is 2.20. The van der Waals surface area contributed by atoms with Crippen molar-refractivity contribution >= 4 is 11.8 Å². The monoisotopic (exact) mass is 334 g/mol. The quantitative estimate of drug-likeness (QED) is 0.868. The van der Waals surface area contributed by atoms with Crippen molar-refractivity contribution in [3.8, 4) is 0 Å². The van der Waals surface area contributed by atoms with E-state index in [4.69, 9.17) is 0 Å². The first-order valence-electron chi connectivity index (χ1n) is 8.88. The Hall–Kier alpha value is -1.91. The molecule has 0 aliphatic carbocycles. The minimum absolute atomic E-state index is 0.0905. The number of amides is 2. The molecule has 1 aliphatic rings. The summed E-state index contributed by atoms with van der Waals surface area (Å²) in [7, 11) is 0. The minimum atomic E-state index is -0.470. The molecule has 0 bridgehead atoms. The van der Waals surface area contributed by atoms with Gasteiger partial charge in [-0.3, -0.25) is 9.59 Å².